The third-order valence-electron chi connectivity index (χ3n) is 7.19. The van der Waals surface area contributed by atoms with Crippen molar-refractivity contribution in [1.82, 2.24) is 20.2 Å². The fraction of sp³-hybridized carbons (Fsp3) is 0.393. The monoisotopic (exact) mass is 655 g/mol. The van der Waals surface area contributed by atoms with Crippen LogP contribution in [0.5, 0.6) is 5.75 Å². The first-order valence-electron chi connectivity index (χ1n) is 13.5. The van der Waals surface area contributed by atoms with Crippen LogP contribution in [0.1, 0.15) is 34.3 Å². The van der Waals surface area contributed by atoms with Crippen LogP contribution in [0.25, 0.3) is 0 Å². The number of benzene rings is 2. The SMILES string of the molecule is COc1cc(C(=O)NC2CCN(C)CC2)ccc1Nc1ncc(C(F)(F)F)c(NCc2ccc(Cl)cc2N(C)S(C)(=O)=O)n1. The maximum Gasteiger partial charge on any atom is 0.421 e. The van der Waals surface area contributed by atoms with Crippen LogP contribution in [-0.2, 0) is 22.7 Å². The van der Waals surface area contributed by atoms with Gasteiger partial charge in [0.2, 0.25) is 16.0 Å². The number of rotatable bonds is 10. The number of halogens is 4. The second kappa shape index (κ2) is 13.4. The molecule has 44 heavy (non-hydrogen) atoms. The lowest BCUT2D eigenvalue weighted by Gasteiger charge is -2.29. The van der Waals surface area contributed by atoms with Crippen molar-refractivity contribution < 1.29 is 31.1 Å². The molecule has 0 bridgehead atoms. The number of nitrogens with one attached hydrogen (secondary N) is 3. The van der Waals surface area contributed by atoms with Crippen LogP contribution in [0.15, 0.2) is 42.6 Å². The Morgan fingerprint density at radius 1 is 1.18 bits per heavy atom. The van der Waals surface area contributed by atoms with E-state index in [1.54, 1.807) is 12.1 Å². The van der Waals surface area contributed by atoms with Gasteiger partial charge in [-0.1, -0.05) is 17.7 Å². The summed E-state index contributed by atoms with van der Waals surface area (Å²) in [5.74, 6) is -0.712. The van der Waals surface area contributed by atoms with Crippen molar-refractivity contribution in [3.05, 3.63) is 64.3 Å². The summed E-state index contributed by atoms with van der Waals surface area (Å²) in [6.07, 6.45) is -1.46. The molecule has 3 N–H and O–H groups in total. The number of piperidine rings is 1. The molecule has 0 aliphatic carbocycles. The predicted molar refractivity (Wildman–Crippen MR) is 163 cm³/mol. The second-order valence-corrected chi connectivity index (χ2v) is 12.9. The summed E-state index contributed by atoms with van der Waals surface area (Å²) in [5, 5.41) is 8.79. The molecular formula is C28H33ClF3N7O4S. The van der Waals surface area contributed by atoms with Gasteiger partial charge in [-0.2, -0.15) is 18.2 Å². The highest BCUT2D eigenvalue weighted by molar-refractivity contribution is 7.92. The standard InChI is InChI=1S/C28H33ClF3N7O4S/c1-38-11-9-20(10-12-38)35-26(40)17-6-8-22(24(13-17)43-3)36-27-34-16-21(28(30,31)32)25(37-27)33-15-18-5-7-19(29)14-23(18)39(2)44(4,41)42/h5-8,13-14,16,20H,9-12,15H2,1-4H3,(H,35,40)(H2,33,34,36,37). The lowest BCUT2D eigenvalue weighted by molar-refractivity contribution is -0.137. The highest BCUT2D eigenvalue weighted by Gasteiger charge is 2.35. The zero-order chi connectivity index (χ0) is 32.2. The average Bonchev–Trinajstić information content (AvgIpc) is 2.96. The van der Waals surface area contributed by atoms with Gasteiger partial charge in [-0.05, 0) is 68.9 Å². The lowest BCUT2D eigenvalue weighted by atomic mass is 10.0. The number of nitrogens with zero attached hydrogens (tertiary/aromatic N) is 4. The number of aromatic nitrogens is 2. The van der Waals surface area contributed by atoms with Gasteiger partial charge in [0.1, 0.15) is 17.1 Å². The van der Waals surface area contributed by atoms with Crippen molar-refractivity contribution in [2.24, 2.45) is 0 Å². The van der Waals surface area contributed by atoms with Gasteiger partial charge in [-0.25, -0.2) is 13.4 Å². The highest BCUT2D eigenvalue weighted by Crippen LogP contribution is 2.36. The number of sulfonamides is 1. The van der Waals surface area contributed by atoms with Crippen molar-refractivity contribution in [3.63, 3.8) is 0 Å². The minimum atomic E-state index is -4.78. The number of ether oxygens (including phenoxy) is 1. The Morgan fingerprint density at radius 3 is 2.52 bits per heavy atom. The molecule has 4 rings (SSSR count). The molecule has 1 fully saturated rings. The molecule has 1 saturated heterocycles. The molecule has 0 unspecified atom stereocenters. The van der Waals surface area contributed by atoms with E-state index in [-0.39, 0.29) is 40.9 Å². The van der Waals surface area contributed by atoms with E-state index in [9.17, 15) is 26.4 Å². The molecule has 1 aliphatic rings. The van der Waals surface area contributed by atoms with Crippen molar-refractivity contribution in [1.29, 1.82) is 0 Å². The molecule has 1 aliphatic heterocycles. The van der Waals surface area contributed by atoms with Gasteiger partial charge in [0, 0.05) is 36.4 Å². The maximum absolute atomic E-state index is 13.9. The first-order valence-corrected chi connectivity index (χ1v) is 15.7. The number of anilines is 4. The van der Waals surface area contributed by atoms with Crippen LogP contribution in [-0.4, -0.2) is 75.8 Å². The van der Waals surface area contributed by atoms with Gasteiger partial charge in [0.05, 0.1) is 24.7 Å². The number of methoxy groups -OCH3 is 1. The summed E-state index contributed by atoms with van der Waals surface area (Å²) in [5.41, 5.74) is 0.115. The Labute approximate surface area is 258 Å². The van der Waals surface area contributed by atoms with E-state index in [4.69, 9.17) is 16.3 Å². The zero-order valence-electron chi connectivity index (χ0n) is 24.5. The van der Waals surface area contributed by atoms with Crippen molar-refractivity contribution in [2.45, 2.75) is 31.6 Å². The van der Waals surface area contributed by atoms with E-state index in [0.717, 1.165) is 36.5 Å². The maximum atomic E-state index is 13.9. The van der Waals surface area contributed by atoms with E-state index >= 15 is 0 Å². The average molecular weight is 656 g/mol. The summed E-state index contributed by atoms with van der Waals surface area (Å²) in [6.45, 7) is 1.57. The van der Waals surface area contributed by atoms with Crippen molar-refractivity contribution in [2.75, 3.05) is 55.5 Å². The molecule has 2 aromatic carbocycles. The number of amides is 1. The summed E-state index contributed by atoms with van der Waals surface area (Å²) in [7, 11) is 1.06. The fourth-order valence-electron chi connectivity index (χ4n) is 4.60. The molecule has 11 nitrogen and oxygen atoms in total. The number of hydrogen-bond donors (Lipinski definition) is 3. The van der Waals surface area contributed by atoms with Crippen molar-refractivity contribution in [3.8, 4) is 5.75 Å². The van der Waals surface area contributed by atoms with Gasteiger partial charge in [0.25, 0.3) is 5.91 Å². The molecule has 1 amide bonds. The number of alkyl halides is 3. The molecule has 16 heteroatoms. The molecule has 1 aromatic heterocycles. The van der Waals surface area contributed by atoms with Gasteiger partial charge in [-0.15, -0.1) is 0 Å². The van der Waals surface area contributed by atoms with Crippen LogP contribution < -0.4 is 25.0 Å². The molecule has 238 valence electrons. The topological polar surface area (TPSA) is 129 Å². The molecule has 0 saturated carbocycles. The Morgan fingerprint density at radius 2 is 1.89 bits per heavy atom. The Bertz CT molecular complexity index is 1620. The first-order chi connectivity index (χ1) is 20.7. The van der Waals surface area contributed by atoms with Crippen LogP contribution in [0.2, 0.25) is 5.02 Å². The van der Waals surface area contributed by atoms with Gasteiger partial charge < -0.3 is 25.6 Å². The Balaban J connectivity index is 1.56. The van der Waals surface area contributed by atoms with E-state index in [1.807, 2.05) is 7.05 Å². The minimum Gasteiger partial charge on any atom is -0.495 e. The lowest BCUT2D eigenvalue weighted by Crippen LogP contribution is -2.43. The van der Waals surface area contributed by atoms with E-state index in [1.165, 1.54) is 38.4 Å². The Kier molecular flexibility index (Phi) is 10.1. The quantitative estimate of drug-likeness (QED) is 0.284. The number of carbonyl (C=O) groups excluding carboxylic acids is 1. The van der Waals surface area contributed by atoms with E-state index < -0.39 is 27.6 Å². The summed E-state index contributed by atoms with van der Waals surface area (Å²) >= 11 is 6.06. The van der Waals surface area contributed by atoms with E-state index in [0.29, 0.717) is 23.0 Å². The predicted octanol–water partition coefficient (Wildman–Crippen LogP) is 4.73. The molecule has 0 spiro atoms. The minimum absolute atomic E-state index is 0.0599. The van der Waals surface area contributed by atoms with E-state index in [2.05, 4.69) is 30.8 Å². The molecule has 3 aromatic rings. The second-order valence-electron chi connectivity index (χ2n) is 10.4. The first kappa shape index (κ1) is 33.1. The molecule has 2 heterocycles. The molecule has 0 atom stereocenters. The van der Waals surface area contributed by atoms with Gasteiger partial charge in [-0.3, -0.25) is 9.10 Å². The van der Waals surface area contributed by atoms with Crippen LogP contribution in [0, 0.1) is 0 Å². The fourth-order valence-corrected chi connectivity index (χ4v) is 5.29. The van der Waals surface area contributed by atoms with Gasteiger partial charge in [0.15, 0.2) is 0 Å². The zero-order valence-corrected chi connectivity index (χ0v) is 26.1. The molecule has 0 radical (unpaired) electrons. The summed E-state index contributed by atoms with van der Waals surface area (Å²) in [6, 6.07) is 9.12. The van der Waals surface area contributed by atoms with Crippen LogP contribution in [0.4, 0.5) is 36.3 Å². The summed E-state index contributed by atoms with van der Waals surface area (Å²) < 4.78 is 72.3. The third-order valence-corrected chi connectivity index (χ3v) is 8.62. The number of hydrogen-bond acceptors (Lipinski definition) is 9. The number of likely N-dealkylation sites (tertiary alicyclic amines) is 1. The van der Waals surface area contributed by atoms with Crippen LogP contribution in [0.3, 0.4) is 0 Å². The highest BCUT2D eigenvalue weighted by atomic mass is 35.5. The van der Waals surface area contributed by atoms with Gasteiger partial charge >= 0.3 is 6.18 Å². The molecular weight excluding hydrogens is 623 g/mol. The van der Waals surface area contributed by atoms with Crippen molar-refractivity contribution >= 4 is 50.7 Å². The number of carbonyl (C=O) groups is 1. The third kappa shape index (κ3) is 8.21. The largest absolute Gasteiger partial charge is 0.495 e. The smallest absolute Gasteiger partial charge is 0.421 e. The Hall–Kier alpha value is -3.82. The van der Waals surface area contributed by atoms with Crippen LogP contribution >= 0.6 is 11.6 Å². The normalized spacial score (nSPS) is 14.6. The summed E-state index contributed by atoms with van der Waals surface area (Å²) in [4.78, 5) is 22.9.